The second-order valence-corrected chi connectivity index (χ2v) is 19.2. The first-order valence-corrected chi connectivity index (χ1v) is 23.3. The molecule has 1 aromatic heterocycles. The SMILES string of the molecule is CCC1=C[C@@H]2CN(CCc3c([nH]c4ccccc34)[C@@](C(=O)OC)(c3cc4c(cc3OC)N(C)[C@H]3C(O)(CNC(=O)Oc5ccccc5)[C@H](OC(C)=O)[C@]5(CC)C=CCN6CC[C@]43[C@@H]65)C2)C1. The Hall–Kier alpha value is -5.63. The number of fused-ring (bicyclic) bond motifs is 6. The fourth-order valence-electron chi connectivity index (χ4n) is 13.9. The van der Waals surface area contributed by atoms with E-state index in [9.17, 15) is 14.7 Å². The maximum absolute atomic E-state index is 15.4. The van der Waals surface area contributed by atoms with Crippen LogP contribution in [0.4, 0.5) is 10.5 Å². The smallest absolute Gasteiger partial charge is 0.412 e. The van der Waals surface area contributed by atoms with Crippen LogP contribution in [-0.2, 0) is 36.3 Å². The Morgan fingerprint density at radius 2 is 1.77 bits per heavy atom. The van der Waals surface area contributed by atoms with Crippen LogP contribution in [0.25, 0.3) is 10.9 Å². The molecule has 4 aromatic rings. The number of nitrogens with zero attached hydrogens (tertiary/aromatic N) is 3. The Bertz CT molecular complexity index is 2610. The summed E-state index contributed by atoms with van der Waals surface area (Å²) in [4.78, 5) is 53.3. The molecular weight excluding hydrogens is 823 g/mol. The van der Waals surface area contributed by atoms with Gasteiger partial charge in [-0.3, -0.25) is 19.4 Å². The second kappa shape index (κ2) is 16.1. The number of para-hydroxylation sites is 2. The van der Waals surface area contributed by atoms with Gasteiger partial charge in [-0.05, 0) is 80.0 Å². The van der Waals surface area contributed by atoms with Crippen LogP contribution in [-0.4, -0.2) is 122 Å². The van der Waals surface area contributed by atoms with Crippen molar-refractivity contribution in [3.63, 3.8) is 0 Å². The van der Waals surface area contributed by atoms with Crippen LogP contribution in [0.3, 0.4) is 0 Å². The third kappa shape index (κ3) is 6.32. The van der Waals surface area contributed by atoms with E-state index in [2.05, 4.69) is 81.3 Å². The lowest BCUT2D eigenvalue weighted by Gasteiger charge is -2.64. The topological polar surface area (TPSA) is 146 Å². The zero-order valence-corrected chi connectivity index (χ0v) is 38.3. The maximum atomic E-state index is 15.4. The van der Waals surface area contributed by atoms with Crippen molar-refractivity contribution in [3.05, 3.63) is 113 Å². The van der Waals surface area contributed by atoms with Crippen LogP contribution >= 0.6 is 0 Å². The fourth-order valence-corrected chi connectivity index (χ4v) is 13.9. The van der Waals surface area contributed by atoms with Gasteiger partial charge in [0.25, 0.3) is 0 Å². The van der Waals surface area contributed by atoms with Gasteiger partial charge in [-0.1, -0.05) is 74.0 Å². The maximum Gasteiger partial charge on any atom is 0.412 e. The van der Waals surface area contributed by atoms with E-state index < -0.39 is 46.1 Å². The molecule has 1 saturated carbocycles. The van der Waals surface area contributed by atoms with E-state index >= 15 is 4.79 Å². The summed E-state index contributed by atoms with van der Waals surface area (Å²) in [5.74, 6) is 0.00240. The Kier molecular flexibility index (Phi) is 10.7. The number of likely N-dealkylation sites (N-methyl/N-ethyl adjacent to an activating group) is 1. The van der Waals surface area contributed by atoms with E-state index in [1.807, 2.05) is 25.2 Å². The van der Waals surface area contributed by atoms with Crippen molar-refractivity contribution in [1.82, 2.24) is 20.1 Å². The van der Waals surface area contributed by atoms with Gasteiger partial charge in [-0.25, -0.2) is 4.79 Å². The standard InChI is InChI=1S/C52H61N5O8/c1-7-33-25-34-28-51(47(59)63-6,43-37(19-23-56(29-33)30-34)36-17-12-13-18-40(36)54-43)39-26-38-41(27-42(39)62-5)55(4)45-50(38)21-24-57-22-14-20-49(8-2,44(50)57)46(64-32(3)58)52(45,61)31-53-48(60)65-35-15-10-9-11-16-35/h9-18,20,25-27,34,44-46,54,61H,7-8,19,21-24,28-31H2,1-6H3,(H,53,60)/t34-,44-,45+,46+,49+,50+,51-,52?/m0/s1. The highest BCUT2D eigenvalue weighted by atomic mass is 16.6. The van der Waals surface area contributed by atoms with Crippen LogP contribution in [0, 0.1) is 11.3 Å². The number of H-pyrrole nitrogens is 1. The number of carbonyl (C=O) groups excluding carboxylic acids is 3. The molecule has 2 fully saturated rings. The molecule has 5 aliphatic heterocycles. The molecule has 2 bridgehead atoms. The molecule has 9 atom stereocenters. The molecule has 2 unspecified atom stereocenters. The number of benzene rings is 3. The highest BCUT2D eigenvalue weighted by Crippen LogP contribution is 2.68. The third-order valence-corrected chi connectivity index (χ3v) is 16.1. The van der Waals surface area contributed by atoms with Crippen LogP contribution in [0.5, 0.6) is 11.5 Å². The number of rotatable bonds is 9. The van der Waals surface area contributed by atoms with Crippen molar-refractivity contribution in [1.29, 1.82) is 0 Å². The van der Waals surface area contributed by atoms with Crippen LogP contribution in [0.2, 0.25) is 0 Å². The molecule has 1 amide bonds. The normalized spacial score (nSPS) is 32.1. The quantitative estimate of drug-likeness (QED) is 0.127. The number of esters is 2. The first kappa shape index (κ1) is 43.3. The second-order valence-electron chi connectivity index (χ2n) is 19.2. The average molecular weight is 884 g/mol. The lowest BCUT2D eigenvalue weighted by atomic mass is 9.47. The molecule has 1 spiro atoms. The first-order valence-electron chi connectivity index (χ1n) is 23.3. The number of anilines is 1. The van der Waals surface area contributed by atoms with Crippen molar-refractivity contribution in [2.24, 2.45) is 11.3 Å². The van der Waals surface area contributed by atoms with Crippen molar-refractivity contribution in [2.75, 3.05) is 65.4 Å². The van der Waals surface area contributed by atoms with Gasteiger partial charge in [-0.15, -0.1) is 0 Å². The number of hydrogen-bond acceptors (Lipinski definition) is 11. The molecule has 342 valence electrons. The fraction of sp³-hybridized carbons (Fsp3) is 0.481. The number of ether oxygens (including phenoxy) is 4. The number of methoxy groups -OCH3 is 2. The Labute approximate surface area is 380 Å². The van der Waals surface area contributed by atoms with E-state index in [1.165, 1.54) is 19.6 Å². The summed E-state index contributed by atoms with van der Waals surface area (Å²) in [5, 5.41) is 17.9. The van der Waals surface area contributed by atoms with Crippen LogP contribution in [0.1, 0.15) is 68.8 Å². The van der Waals surface area contributed by atoms with Crippen molar-refractivity contribution >= 4 is 34.6 Å². The minimum atomic E-state index is -1.86. The number of amides is 1. The zero-order chi connectivity index (χ0) is 45.5. The number of aromatic amines is 1. The van der Waals surface area contributed by atoms with Gasteiger partial charge >= 0.3 is 18.0 Å². The predicted molar refractivity (Wildman–Crippen MR) is 247 cm³/mol. The van der Waals surface area contributed by atoms with Crippen LogP contribution in [0.15, 0.2) is 90.5 Å². The molecule has 1 aliphatic carbocycles. The third-order valence-electron chi connectivity index (χ3n) is 16.1. The summed E-state index contributed by atoms with van der Waals surface area (Å²) in [7, 11) is 5.10. The molecule has 10 rings (SSSR count). The summed E-state index contributed by atoms with van der Waals surface area (Å²) in [6.45, 7) is 9.33. The highest BCUT2D eigenvalue weighted by Gasteiger charge is 2.78. The number of hydrogen-bond donors (Lipinski definition) is 3. The average Bonchev–Trinajstić information content (AvgIpc) is 3.98. The Morgan fingerprint density at radius 1 is 0.985 bits per heavy atom. The van der Waals surface area contributed by atoms with Gasteiger partial charge in [0.2, 0.25) is 0 Å². The minimum absolute atomic E-state index is 0.0193. The number of nitrogens with one attached hydrogen (secondary N) is 2. The molecule has 13 heteroatoms. The number of aliphatic hydroxyl groups is 1. The molecule has 6 heterocycles. The number of aromatic nitrogens is 1. The summed E-state index contributed by atoms with van der Waals surface area (Å²) < 4.78 is 24.6. The van der Waals surface area contributed by atoms with Gasteiger partial charge in [0, 0.05) is 90.9 Å². The minimum Gasteiger partial charge on any atom is -0.496 e. The number of carbonyl (C=O) groups is 3. The largest absolute Gasteiger partial charge is 0.496 e. The molecule has 3 N–H and O–H groups in total. The van der Waals surface area contributed by atoms with Gasteiger partial charge in [0.15, 0.2) is 0 Å². The van der Waals surface area contributed by atoms with Gasteiger partial charge in [-0.2, -0.15) is 0 Å². The van der Waals surface area contributed by atoms with Gasteiger partial charge in [0.1, 0.15) is 28.6 Å². The van der Waals surface area contributed by atoms with Gasteiger partial charge in [0.05, 0.1) is 26.8 Å². The van der Waals surface area contributed by atoms with E-state index in [4.69, 9.17) is 18.9 Å². The van der Waals surface area contributed by atoms with Gasteiger partial charge < -0.3 is 39.3 Å². The molecule has 1 saturated heterocycles. The van der Waals surface area contributed by atoms with Crippen LogP contribution < -0.4 is 19.7 Å². The van der Waals surface area contributed by atoms with Crippen molar-refractivity contribution in [2.45, 2.75) is 87.5 Å². The monoisotopic (exact) mass is 883 g/mol. The molecule has 6 aliphatic rings. The van der Waals surface area contributed by atoms with E-state index in [-0.39, 0.29) is 24.5 Å². The van der Waals surface area contributed by atoms with Crippen molar-refractivity contribution in [3.8, 4) is 11.5 Å². The summed E-state index contributed by atoms with van der Waals surface area (Å²) in [5.41, 5.74) is 1.86. The predicted octanol–water partition coefficient (Wildman–Crippen LogP) is 6.41. The molecular formula is C52H61N5O8. The molecule has 65 heavy (non-hydrogen) atoms. The molecule has 0 radical (unpaired) electrons. The van der Waals surface area contributed by atoms with E-state index in [1.54, 1.807) is 31.4 Å². The zero-order valence-electron chi connectivity index (χ0n) is 38.3. The first-order chi connectivity index (χ1) is 31.4. The van der Waals surface area contributed by atoms with E-state index in [0.29, 0.717) is 49.4 Å². The summed E-state index contributed by atoms with van der Waals surface area (Å²) >= 11 is 0. The summed E-state index contributed by atoms with van der Waals surface area (Å²) in [6, 6.07) is 20.3. The Morgan fingerprint density at radius 3 is 2.51 bits per heavy atom. The van der Waals surface area contributed by atoms with E-state index in [0.717, 1.165) is 65.9 Å². The molecule has 13 nitrogen and oxygen atoms in total. The Balaban J connectivity index is 1.22. The highest BCUT2D eigenvalue weighted by molar-refractivity contribution is 5.94. The van der Waals surface area contributed by atoms with Crippen molar-refractivity contribution < 1.29 is 38.4 Å². The lowest BCUT2D eigenvalue weighted by Crippen LogP contribution is -2.81. The summed E-state index contributed by atoms with van der Waals surface area (Å²) in [6.07, 6.45) is 8.13. The lowest BCUT2D eigenvalue weighted by molar-refractivity contribution is -0.216. The molecule has 3 aromatic carbocycles.